The van der Waals surface area contributed by atoms with Crippen LogP contribution in [0.25, 0.3) is 0 Å². The number of nitrogens with two attached hydrogens (primary N) is 2. The van der Waals surface area contributed by atoms with Crippen molar-refractivity contribution in [2.24, 2.45) is 21.7 Å². The molecule has 0 saturated carbocycles. The van der Waals surface area contributed by atoms with Gasteiger partial charge in [0.05, 0.1) is 11.8 Å². The molecule has 0 atom stereocenters. The molecule has 0 unspecified atom stereocenters. The van der Waals surface area contributed by atoms with Gasteiger partial charge in [0.1, 0.15) is 0 Å². The summed E-state index contributed by atoms with van der Waals surface area (Å²) in [6, 6.07) is 4.08. The maximum absolute atomic E-state index is 13.2. The van der Waals surface area contributed by atoms with E-state index in [1.807, 2.05) is 0 Å². The van der Waals surface area contributed by atoms with E-state index in [1.54, 1.807) is 11.0 Å². The molecule has 1 heterocycles. The van der Waals surface area contributed by atoms with E-state index >= 15 is 0 Å². The van der Waals surface area contributed by atoms with Crippen LogP contribution in [0.1, 0.15) is 24.0 Å². The van der Waals surface area contributed by atoms with E-state index in [-0.39, 0.29) is 17.2 Å². The van der Waals surface area contributed by atoms with Crippen molar-refractivity contribution in [2.75, 3.05) is 18.0 Å². The lowest BCUT2D eigenvalue weighted by atomic mass is 10.1. The maximum atomic E-state index is 13.2. The van der Waals surface area contributed by atoms with E-state index < -0.39 is 11.7 Å². The Kier molecular flexibility index (Phi) is 4.35. The molecular weight excluding hydrogens is 283 g/mol. The van der Waals surface area contributed by atoms with Crippen LogP contribution in [0.5, 0.6) is 0 Å². The Labute approximate surface area is 120 Å². The molecule has 114 valence electrons. The predicted molar refractivity (Wildman–Crippen MR) is 76.3 cm³/mol. The summed E-state index contributed by atoms with van der Waals surface area (Å²) in [4.78, 5) is 1.75. The number of anilines is 1. The second kappa shape index (κ2) is 6.02. The zero-order valence-electron chi connectivity index (χ0n) is 11.3. The highest BCUT2D eigenvalue weighted by Crippen LogP contribution is 2.38. The Balaban J connectivity index is 2.35. The summed E-state index contributed by atoms with van der Waals surface area (Å²) in [5.41, 5.74) is 10.0. The molecular formula is C13H16F3N5. The quantitative estimate of drug-likeness (QED) is 0.508. The average Bonchev–Trinajstić information content (AvgIpc) is 2.91. The van der Waals surface area contributed by atoms with Crippen molar-refractivity contribution < 1.29 is 13.2 Å². The van der Waals surface area contributed by atoms with Crippen molar-refractivity contribution in [3.8, 4) is 0 Å². The highest BCUT2D eigenvalue weighted by Gasteiger charge is 2.35. The van der Waals surface area contributed by atoms with Gasteiger partial charge in [-0.15, -0.1) is 5.10 Å². The van der Waals surface area contributed by atoms with Gasteiger partial charge in [-0.1, -0.05) is 6.07 Å². The first-order valence-corrected chi connectivity index (χ1v) is 6.46. The molecule has 8 heteroatoms. The van der Waals surface area contributed by atoms with Crippen LogP contribution < -0.4 is 16.4 Å². The van der Waals surface area contributed by atoms with Gasteiger partial charge < -0.3 is 16.4 Å². The molecule has 5 nitrogen and oxygen atoms in total. The molecule has 0 spiro atoms. The molecule has 1 aliphatic rings. The summed E-state index contributed by atoms with van der Waals surface area (Å²) >= 11 is 0. The number of rotatable bonds is 3. The van der Waals surface area contributed by atoms with E-state index in [0.717, 1.165) is 18.9 Å². The molecule has 0 amide bonds. The average molecular weight is 299 g/mol. The van der Waals surface area contributed by atoms with Crippen molar-refractivity contribution in [3.63, 3.8) is 0 Å². The first-order chi connectivity index (χ1) is 9.88. The minimum Gasteiger partial charge on any atom is -0.371 e. The predicted octanol–water partition coefficient (Wildman–Crippen LogP) is 1.91. The number of guanidine groups is 1. The zero-order chi connectivity index (χ0) is 15.5. The van der Waals surface area contributed by atoms with Gasteiger partial charge in [0, 0.05) is 18.8 Å². The van der Waals surface area contributed by atoms with Crippen LogP contribution in [0.3, 0.4) is 0 Å². The molecule has 2 rings (SSSR count). The Hall–Kier alpha value is -2.25. The summed E-state index contributed by atoms with van der Waals surface area (Å²) < 4.78 is 39.6. The lowest BCUT2D eigenvalue weighted by molar-refractivity contribution is -0.137. The zero-order valence-corrected chi connectivity index (χ0v) is 11.3. The molecule has 1 aromatic carbocycles. The number of alkyl halides is 3. The second-order valence-corrected chi connectivity index (χ2v) is 4.74. The third kappa shape index (κ3) is 3.87. The van der Waals surface area contributed by atoms with Crippen LogP contribution in [0, 0.1) is 0 Å². The summed E-state index contributed by atoms with van der Waals surface area (Å²) in [7, 11) is 0. The topological polar surface area (TPSA) is 80.0 Å². The number of hydrogen-bond acceptors (Lipinski definition) is 3. The summed E-state index contributed by atoms with van der Waals surface area (Å²) in [6.45, 7) is 1.29. The Morgan fingerprint density at radius 1 is 1.19 bits per heavy atom. The van der Waals surface area contributed by atoms with Crippen LogP contribution in [-0.2, 0) is 6.18 Å². The van der Waals surface area contributed by atoms with Crippen LogP contribution in [-0.4, -0.2) is 25.3 Å². The van der Waals surface area contributed by atoms with E-state index in [2.05, 4.69) is 10.2 Å². The number of halogens is 3. The van der Waals surface area contributed by atoms with E-state index in [9.17, 15) is 13.2 Å². The van der Waals surface area contributed by atoms with E-state index in [0.29, 0.717) is 13.1 Å². The first kappa shape index (κ1) is 15.1. The van der Waals surface area contributed by atoms with Gasteiger partial charge in [-0.3, -0.25) is 0 Å². The fourth-order valence-corrected chi connectivity index (χ4v) is 2.26. The smallest absolute Gasteiger partial charge is 0.371 e. The van der Waals surface area contributed by atoms with Gasteiger partial charge in [0.2, 0.25) is 5.96 Å². The lowest BCUT2D eigenvalue weighted by Crippen LogP contribution is -2.22. The van der Waals surface area contributed by atoms with Gasteiger partial charge in [-0.2, -0.15) is 18.3 Å². The normalized spacial score (nSPS) is 15.7. The van der Waals surface area contributed by atoms with Crippen molar-refractivity contribution in [3.05, 3.63) is 29.3 Å². The monoisotopic (exact) mass is 299 g/mol. The molecule has 0 radical (unpaired) electrons. The molecule has 1 aromatic rings. The second-order valence-electron chi connectivity index (χ2n) is 4.74. The number of nitrogens with zero attached hydrogens (tertiary/aromatic N) is 3. The molecule has 1 aliphatic heterocycles. The molecule has 0 bridgehead atoms. The summed E-state index contributed by atoms with van der Waals surface area (Å²) in [5, 5.41) is 6.89. The lowest BCUT2D eigenvalue weighted by Gasteiger charge is -2.22. The molecule has 0 aromatic heterocycles. The summed E-state index contributed by atoms with van der Waals surface area (Å²) in [6.07, 6.45) is -1.42. The highest BCUT2D eigenvalue weighted by molar-refractivity contribution is 5.83. The van der Waals surface area contributed by atoms with Crippen molar-refractivity contribution >= 4 is 17.9 Å². The van der Waals surface area contributed by atoms with Gasteiger partial charge in [-0.05, 0) is 30.5 Å². The minimum absolute atomic E-state index is 0.207. The van der Waals surface area contributed by atoms with Gasteiger partial charge in [0.25, 0.3) is 0 Å². The third-order valence-corrected chi connectivity index (χ3v) is 3.15. The van der Waals surface area contributed by atoms with Gasteiger partial charge >= 0.3 is 6.18 Å². The van der Waals surface area contributed by atoms with Crippen LogP contribution in [0.2, 0.25) is 0 Å². The molecule has 4 N–H and O–H groups in total. The van der Waals surface area contributed by atoms with E-state index in [1.165, 1.54) is 12.3 Å². The molecule has 21 heavy (non-hydrogen) atoms. The minimum atomic E-state index is -4.42. The van der Waals surface area contributed by atoms with Gasteiger partial charge in [-0.25, -0.2) is 0 Å². The van der Waals surface area contributed by atoms with Crippen LogP contribution in [0.15, 0.2) is 28.4 Å². The standard InChI is InChI=1S/C13H16F3N5/c14-13(15,16)10-7-9(8-19-20-12(17)18)3-4-11(10)21-5-1-2-6-21/h3-4,7-8H,1-2,5-6H2,(H4,17,18,20). The number of hydrogen-bond donors (Lipinski definition) is 2. The van der Waals surface area contributed by atoms with Crippen molar-refractivity contribution in [2.45, 2.75) is 19.0 Å². The SMILES string of the molecule is NC(N)=NN=Cc1ccc(N2CCCC2)c(C(F)(F)F)c1. The molecule has 1 saturated heterocycles. The molecule has 1 fully saturated rings. The number of benzene rings is 1. The Morgan fingerprint density at radius 3 is 2.43 bits per heavy atom. The van der Waals surface area contributed by atoms with Crippen molar-refractivity contribution in [1.82, 2.24) is 0 Å². The third-order valence-electron chi connectivity index (χ3n) is 3.15. The molecule has 0 aliphatic carbocycles. The first-order valence-electron chi connectivity index (χ1n) is 6.46. The summed E-state index contributed by atoms with van der Waals surface area (Å²) in [5.74, 6) is -0.254. The van der Waals surface area contributed by atoms with Crippen molar-refractivity contribution in [1.29, 1.82) is 0 Å². The fraction of sp³-hybridized carbons (Fsp3) is 0.385. The Morgan fingerprint density at radius 2 is 1.86 bits per heavy atom. The fourth-order valence-electron chi connectivity index (χ4n) is 2.26. The largest absolute Gasteiger partial charge is 0.418 e. The Bertz CT molecular complexity index is 555. The maximum Gasteiger partial charge on any atom is 0.418 e. The highest BCUT2D eigenvalue weighted by atomic mass is 19.4. The van der Waals surface area contributed by atoms with Gasteiger partial charge in [0.15, 0.2) is 0 Å². The van der Waals surface area contributed by atoms with Crippen LogP contribution >= 0.6 is 0 Å². The van der Waals surface area contributed by atoms with Crippen LogP contribution in [0.4, 0.5) is 18.9 Å². The van der Waals surface area contributed by atoms with E-state index in [4.69, 9.17) is 11.5 Å².